The fraction of sp³-hybridized carbons (Fsp3) is 0.250. The van der Waals surface area contributed by atoms with Gasteiger partial charge in [-0.25, -0.2) is 0 Å². The Bertz CT molecular complexity index is 923. The third-order valence-corrected chi connectivity index (χ3v) is 4.66. The van der Waals surface area contributed by atoms with E-state index in [9.17, 15) is 4.79 Å². The molecule has 1 aliphatic rings. The number of nitrogen functional groups attached to an aromatic ring is 1. The number of nitrogens with zero attached hydrogens (tertiary/aromatic N) is 1. The summed E-state index contributed by atoms with van der Waals surface area (Å²) in [7, 11) is 0. The molecule has 0 unspecified atom stereocenters. The van der Waals surface area contributed by atoms with E-state index in [0.717, 1.165) is 18.7 Å². The summed E-state index contributed by atoms with van der Waals surface area (Å²) in [5.41, 5.74) is 8.88. The van der Waals surface area contributed by atoms with Crippen molar-refractivity contribution in [3.05, 3.63) is 58.8 Å². The van der Waals surface area contributed by atoms with E-state index in [-0.39, 0.29) is 5.43 Å². The molecule has 1 fully saturated rings. The summed E-state index contributed by atoms with van der Waals surface area (Å²) in [4.78, 5) is 14.8. The molecule has 3 aromatic rings. The summed E-state index contributed by atoms with van der Waals surface area (Å²) in [5, 5.41) is 0.450. The Kier molecular flexibility index (Phi) is 3.73. The summed E-state index contributed by atoms with van der Waals surface area (Å²) in [6, 6.07) is 15.0. The quantitative estimate of drug-likeness (QED) is 0.724. The van der Waals surface area contributed by atoms with Crippen LogP contribution in [-0.2, 0) is 0 Å². The van der Waals surface area contributed by atoms with Crippen LogP contribution in [0.15, 0.2) is 57.7 Å². The van der Waals surface area contributed by atoms with Gasteiger partial charge in [0.25, 0.3) is 0 Å². The predicted octanol–water partition coefficient (Wildman–Crippen LogP) is 4.03. The third-order valence-electron chi connectivity index (χ3n) is 4.66. The van der Waals surface area contributed by atoms with Gasteiger partial charge in [0.05, 0.1) is 5.39 Å². The SMILES string of the molecule is Nc1cccc2oc(-c3ccc(N4CCCCC4)cc3)cc(=O)c12. The van der Waals surface area contributed by atoms with E-state index in [1.165, 1.54) is 31.0 Å². The number of rotatable bonds is 2. The van der Waals surface area contributed by atoms with Crippen molar-refractivity contribution in [2.24, 2.45) is 0 Å². The smallest absolute Gasteiger partial charge is 0.195 e. The maximum absolute atomic E-state index is 12.4. The van der Waals surface area contributed by atoms with Crippen molar-refractivity contribution in [3.8, 4) is 11.3 Å². The molecule has 0 atom stereocenters. The second-order valence-electron chi connectivity index (χ2n) is 6.29. The van der Waals surface area contributed by atoms with Crippen LogP contribution in [0.2, 0.25) is 0 Å². The molecule has 2 aromatic carbocycles. The van der Waals surface area contributed by atoms with Crippen LogP contribution in [0.4, 0.5) is 11.4 Å². The first kappa shape index (κ1) is 14.8. The molecule has 4 heteroatoms. The molecule has 0 aliphatic carbocycles. The standard InChI is InChI=1S/C20H20N2O2/c21-16-5-4-6-18-20(16)17(23)13-19(24-18)14-7-9-15(10-8-14)22-11-2-1-3-12-22/h4-10,13H,1-3,11-12,21H2. The summed E-state index contributed by atoms with van der Waals surface area (Å²) in [6.45, 7) is 2.23. The van der Waals surface area contributed by atoms with Crippen LogP contribution in [0, 0.1) is 0 Å². The van der Waals surface area contributed by atoms with Gasteiger partial charge in [0.15, 0.2) is 5.43 Å². The third kappa shape index (κ3) is 2.64. The minimum Gasteiger partial charge on any atom is -0.456 e. The normalized spacial score (nSPS) is 14.9. The van der Waals surface area contributed by atoms with Crippen LogP contribution >= 0.6 is 0 Å². The molecule has 1 aliphatic heterocycles. The van der Waals surface area contributed by atoms with Gasteiger partial charge >= 0.3 is 0 Å². The second-order valence-corrected chi connectivity index (χ2v) is 6.29. The number of hydrogen-bond donors (Lipinski definition) is 1. The van der Waals surface area contributed by atoms with Crippen LogP contribution in [0.1, 0.15) is 19.3 Å². The highest BCUT2D eigenvalue weighted by Crippen LogP contribution is 2.27. The highest BCUT2D eigenvalue weighted by molar-refractivity contribution is 5.89. The maximum Gasteiger partial charge on any atom is 0.195 e. The molecule has 0 saturated carbocycles. The Balaban J connectivity index is 1.71. The van der Waals surface area contributed by atoms with E-state index >= 15 is 0 Å². The molecule has 4 rings (SSSR count). The maximum atomic E-state index is 12.4. The average Bonchev–Trinajstić information content (AvgIpc) is 2.62. The topological polar surface area (TPSA) is 59.5 Å². The summed E-state index contributed by atoms with van der Waals surface area (Å²) >= 11 is 0. The molecule has 122 valence electrons. The summed E-state index contributed by atoms with van der Waals surface area (Å²) < 4.78 is 5.90. The lowest BCUT2D eigenvalue weighted by Gasteiger charge is -2.28. The summed E-state index contributed by atoms with van der Waals surface area (Å²) in [5.74, 6) is 0.572. The van der Waals surface area contributed by atoms with Gasteiger partial charge in [0.2, 0.25) is 0 Å². The van der Waals surface area contributed by atoms with Crippen molar-refractivity contribution in [2.45, 2.75) is 19.3 Å². The largest absolute Gasteiger partial charge is 0.456 e. The first-order valence-electron chi connectivity index (χ1n) is 8.40. The van der Waals surface area contributed by atoms with Gasteiger partial charge in [0, 0.05) is 36.1 Å². The average molecular weight is 320 g/mol. The van der Waals surface area contributed by atoms with Crippen molar-refractivity contribution < 1.29 is 4.42 Å². The Morgan fingerprint density at radius 3 is 2.46 bits per heavy atom. The lowest BCUT2D eigenvalue weighted by molar-refractivity contribution is 0.578. The number of nitrogens with two attached hydrogens (primary N) is 1. The van der Waals surface area contributed by atoms with Gasteiger partial charge in [-0.15, -0.1) is 0 Å². The van der Waals surface area contributed by atoms with Crippen molar-refractivity contribution in [1.82, 2.24) is 0 Å². The zero-order chi connectivity index (χ0) is 16.5. The molecule has 2 N–H and O–H groups in total. The fourth-order valence-electron chi connectivity index (χ4n) is 3.37. The molecule has 1 aromatic heterocycles. The lowest BCUT2D eigenvalue weighted by atomic mass is 10.1. The van der Waals surface area contributed by atoms with E-state index in [2.05, 4.69) is 17.0 Å². The van der Waals surface area contributed by atoms with Crippen LogP contribution < -0.4 is 16.1 Å². The highest BCUT2D eigenvalue weighted by atomic mass is 16.3. The first-order chi connectivity index (χ1) is 11.7. The van der Waals surface area contributed by atoms with Crippen LogP contribution in [0.25, 0.3) is 22.3 Å². The first-order valence-corrected chi connectivity index (χ1v) is 8.40. The molecular formula is C20H20N2O2. The van der Waals surface area contributed by atoms with Crippen molar-refractivity contribution in [3.63, 3.8) is 0 Å². The van der Waals surface area contributed by atoms with E-state index < -0.39 is 0 Å². The van der Waals surface area contributed by atoms with E-state index in [1.807, 2.05) is 12.1 Å². The van der Waals surface area contributed by atoms with Crippen molar-refractivity contribution in [2.75, 3.05) is 23.7 Å². The van der Waals surface area contributed by atoms with Crippen LogP contribution in [-0.4, -0.2) is 13.1 Å². The molecule has 24 heavy (non-hydrogen) atoms. The van der Waals surface area contributed by atoms with Gasteiger partial charge in [-0.3, -0.25) is 4.79 Å². The van der Waals surface area contributed by atoms with Crippen molar-refractivity contribution >= 4 is 22.3 Å². The number of anilines is 2. The van der Waals surface area contributed by atoms with Gasteiger partial charge in [0.1, 0.15) is 11.3 Å². The van der Waals surface area contributed by atoms with Crippen molar-refractivity contribution in [1.29, 1.82) is 0 Å². The van der Waals surface area contributed by atoms with E-state index in [0.29, 0.717) is 22.4 Å². The fourth-order valence-corrected chi connectivity index (χ4v) is 3.37. The van der Waals surface area contributed by atoms with E-state index in [1.54, 1.807) is 18.2 Å². The Morgan fingerprint density at radius 2 is 1.71 bits per heavy atom. The van der Waals surface area contributed by atoms with Gasteiger partial charge in [-0.1, -0.05) is 6.07 Å². The Labute approximate surface area is 140 Å². The van der Waals surface area contributed by atoms with Gasteiger partial charge in [-0.2, -0.15) is 0 Å². The monoisotopic (exact) mass is 320 g/mol. The molecule has 0 bridgehead atoms. The van der Waals surface area contributed by atoms with Crippen LogP contribution in [0.5, 0.6) is 0 Å². The molecule has 0 spiro atoms. The minimum atomic E-state index is -0.107. The highest BCUT2D eigenvalue weighted by Gasteiger charge is 2.12. The number of benzene rings is 2. The Morgan fingerprint density at radius 1 is 0.958 bits per heavy atom. The number of piperidine rings is 1. The molecule has 0 radical (unpaired) electrons. The molecule has 2 heterocycles. The summed E-state index contributed by atoms with van der Waals surface area (Å²) in [6.07, 6.45) is 3.82. The zero-order valence-corrected chi connectivity index (χ0v) is 13.5. The Hall–Kier alpha value is -2.75. The number of hydrogen-bond acceptors (Lipinski definition) is 4. The number of fused-ring (bicyclic) bond motifs is 1. The lowest BCUT2D eigenvalue weighted by Crippen LogP contribution is -2.29. The van der Waals surface area contributed by atoms with E-state index in [4.69, 9.17) is 10.2 Å². The second kappa shape index (κ2) is 6.04. The molecule has 0 amide bonds. The molecular weight excluding hydrogens is 300 g/mol. The zero-order valence-electron chi connectivity index (χ0n) is 13.5. The minimum absolute atomic E-state index is 0.107. The molecule has 1 saturated heterocycles. The predicted molar refractivity (Wildman–Crippen MR) is 98.4 cm³/mol. The van der Waals surface area contributed by atoms with Crippen LogP contribution in [0.3, 0.4) is 0 Å². The molecule has 4 nitrogen and oxygen atoms in total. The van der Waals surface area contributed by atoms with Gasteiger partial charge < -0.3 is 15.1 Å². The van der Waals surface area contributed by atoms with Gasteiger partial charge in [-0.05, 0) is 55.7 Å².